The van der Waals surface area contributed by atoms with Crippen LogP contribution in [-0.2, 0) is 33.9 Å². The van der Waals surface area contributed by atoms with Crippen LogP contribution in [0.5, 0.6) is 11.6 Å². The lowest BCUT2D eigenvalue weighted by Gasteiger charge is -2.33. The number of nitrogens with one attached hydrogen (secondary N) is 1. The number of ether oxygens (including phenoxy) is 3. The minimum Gasteiger partial charge on any atom is -0.497 e. The van der Waals surface area contributed by atoms with Crippen molar-refractivity contribution in [2.45, 2.75) is 122 Å². The summed E-state index contributed by atoms with van der Waals surface area (Å²) in [5.41, 5.74) is -1.41. The highest BCUT2D eigenvalue weighted by molar-refractivity contribution is 7.90. The summed E-state index contributed by atoms with van der Waals surface area (Å²) in [6.07, 6.45) is 8.63. The number of hydrogen-bond acceptors (Lipinski definition) is 11. The predicted molar refractivity (Wildman–Crippen MR) is 201 cm³/mol. The molecule has 0 bridgehead atoms. The average molecular weight is 767 g/mol. The van der Waals surface area contributed by atoms with Gasteiger partial charge in [0, 0.05) is 18.9 Å². The number of ketones is 1. The van der Waals surface area contributed by atoms with Crippen LogP contribution in [0.1, 0.15) is 98.8 Å². The maximum atomic E-state index is 14.9. The first kappa shape index (κ1) is 39.6. The zero-order valence-electron chi connectivity index (χ0n) is 32.2. The van der Waals surface area contributed by atoms with Gasteiger partial charge >= 0.3 is 5.97 Å². The fourth-order valence-electron chi connectivity index (χ4n) is 8.20. The number of carbonyl (C=O) groups excluding carboxylic acids is 4. The molecule has 0 radical (unpaired) electrons. The van der Waals surface area contributed by atoms with Crippen LogP contribution in [0.25, 0.3) is 10.9 Å². The molecule has 1 aromatic carbocycles. The van der Waals surface area contributed by atoms with Crippen LogP contribution in [-0.4, -0.2) is 83.5 Å². The highest BCUT2D eigenvalue weighted by Crippen LogP contribution is 2.57. The van der Waals surface area contributed by atoms with Gasteiger partial charge in [0.15, 0.2) is 5.78 Å². The number of carbonyl (C=O) groups is 4. The lowest BCUT2D eigenvalue weighted by Crippen LogP contribution is -2.48. The van der Waals surface area contributed by atoms with Crippen molar-refractivity contribution in [1.29, 1.82) is 0 Å². The van der Waals surface area contributed by atoms with E-state index in [0.29, 0.717) is 48.8 Å². The van der Waals surface area contributed by atoms with Crippen LogP contribution in [0.3, 0.4) is 0 Å². The third-order valence-corrected chi connectivity index (χ3v) is 13.2. The molecule has 2 aliphatic heterocycles. The molecule has 3 heterocycles. The van der Waals surface area contributed by atoms with E-state index in [4.69, 9.17) is 14.2 Å². The Balaban J connectivity index is 1.36. The lowest BCUT2D eigenvalue weighted by atomic mass is 9.79. The van der Waals surface area contributed by atoms with Crippen molar-refractivity contribution in [3.8, 4) is 11.6 Å². The number of sulfonamides is 1. The number of fused-ring (bicyclic) bond motifs is 3. The first-order valence-electron chi connectivity index (χ1n) is 19.3. The van der Waals surface area contributed by atoms with Gasteiger partial charge in [-0.2, -0.15) is 0 Å². The second kappa shape index (κ2) is 15.6. The van der Waals surface area contributed by atoms with Gasteiger partial charge in [-0.3, -0.25) is 23.9 Å². The van der Waals surface area contributed by atoms with Crippen LogP contribution in [0.2, 0.25) is 0 Å². The van der Waals surface area contributed by atoms with Crippen LogP contribution in [0.4, 0.5) is 0 Å². The van der Waals surface area contributed by atoms with E-state index in [0.717, 1.165) is 12.8 Å². The largest absolute Gasteiger partial charge is 0.497 e. The Bertz CT molecular complexity index is 1910. The fraction of sp³-hybridized carbons (Fsp3) is 0.650. The van der Waals surface area contributed by atoms with Crippen molar-refractivity contribution in [3.63, 3.8) is 0 Å². The molecule has 1 saturated heterocycles. The second-order valence-corrected chi connectivity index (χ2v) is 18.7. The predicted octanol–water partition coefficient (Wildman–Crippen LogP) is 5.31. The topological polar surface area (TPSA) is 171 Å². The summed E-state index contributed by atoms with van der Waals surface area (Å²) in [6, 6.07) is 4.34. The highest BCUT2D eigenvalue weighted by Gasteiger charge is 2.61. The Hall–Kier alpha value is -4.07. The van der Waals surface area contributed by atoms with Crippen molar-refractivity contribution in [1.82, 2.24) is 19.6 Å². The number of nitrogens with zero attached hydrogens (tertiary/aromatic N) is 3. The maximum Gasteiger partial charge on any atom is 0.307 e. The Kier molecular flexibility index (Phi) is 11.4. The minimum atomic E-state index is -3.85. The van der Waals surface area contributed by atoms with Gasteiger partial charge < -0.3 is 19.1 Å². The molecule has 294 valence electrons. The van der Waals surface area contributed by atoms with Crippen molar-refractivity contribution < 1.29 is 41.8 Å². The first-order valence-corrected chi connectivity index (χ1v) is 20.8. The summed E-state index contributed by atoms with van der Waals surface area (Å²) in [5.74, 6) is -1.97. The molecule has 1 N–H and O–H groups in total. The van der Waals surface area contributed by atoms with E-state index in [1.54, 1.807) is 46.1 Å². The van der Waals surface area contributed by atoms with Crippen molar-refractivity contribution in [2.75, 3.05) is 13.7 Å². The van der Waals surface area contributed by atoms with E-state index in [2.05, 4.69) is 21.6 Å². The van der Waals surface area contributed by atoms with E-state index < -0.39 is 56.2 Å². The standard InChI is InChI=1S/C40H54N4O9S/c1-7-25-16-24(2)10-8-9-11-26-20-40(26,38(48)43-54(49,50)29-13-14-29)21-34(45)33-18-28(22-44(33)37(47)31(25)19-35(46)53-39(3,4)5)52-36-30-15-12-27(51-6)17-32(30)41-23-42-36/h9,11-12,15,17,23-26,28-29,31,33H,7-8,10,13-14,16,18-22H2,1-6H3,(H,43,48)/b11-9-/t24-,25-,26-,28-,31+,33+,40-/m1/s1. The lowest BCUT2D eigenvalue weighted by molar-refractivity contribution is -0.160. The molecular weight excluding hydrogens is 713 g/mol. The second-order valence-electron chi connectivity index (χ2n) is 16.7. The fourth-order valence-corrected chi connectivity index (χ4v) is 9.58. The number of Topliss-reactive ketones (excluding diaryl/α,β-unsaturated/α-hetero) is 1. The summed E-state index contributed by atoms with van der Waals surface area (Å²) in [4.78, 5) is 67.1. The molecule has 0 unspecified atom stereocenters. The van der Waals surface area contributed by atoms with Gasteiger partial charge in [-0.15, -0.1) is 0 Å². The van der Waals surface area contributed by atoms with Gasteiger partial charge in [-0.1, -0.05) is 32.4 Å². The molecule has 2 aromatic rings. The average Bonchev–Trinajstić information content (AvgIpc) is 4.03. The van der Waals surface area contributed by atoms with Gasteiger partial charge in [0.25, 0.3) is 0 Å². The third kappa shape index (κ3) is 8.90. The molecule has 14 heteroatoms. The summed E-state index contributed by atoms with van der Waals surface area (Å²) in [5, 5.41) is 0.0293. The van der Waals surface area contributed by atoms with Crippen LogP contribution >= 0.6 is 0 Å². The van der Waals surface area contributed by atoms with Gasteiger partial charge in [0.2, 0.25) is 27.7 Å². The van der Waals surface area contributed by atoms with Gasteiger partial charge in [-0.25, -0.2) is 18.4 Å². The Morgan fingerprint density at radius 2 is 1.85 bits per heavy atom. The maximum absolute atomic E-state index is 14.9. The number of rotatable bonds is 9. The van der Waals surface area contributed by atoms with Crippen LogP contribution in [0, 0.1) is 29.1 Å². The number of methoxy groups -OCH3 is 1. The van der Waals surface area contributed by atoms with Gasteiger partial charge in [-0.05, 0) is 89.2 Å². The molecule has 0 spiro atoms. The highest BCUT2D eigenvalue weighted by atomic mass is 32.2. The van der Waals surface area contributed by atoms with E-state index in [9.17, 15) is 27.6 Å². The smallest absolute Gasteiger partial charge is 0.307 e. The number of benzene rings is 1. The number of aromatic nitrogens is 2. The number of hydrogen-bond donors (Lipinski definition) is 1. The molecule has 7 atom stereocenters. The van der Waals surface area contributed by atoms with Crippen molar-refractivity contribution in [3.05, 3.63) is 36.7 Å². The summed E-state index contributed by atoms with van der Waals surface area (Å²) in [6.45, 7) is 9.55. The Morgan fingerprint density at radius 3 is 2.54 bits per heavy atom. The zero-order chi connectivity index (χ0) is 39.0. The Morgan fingerprint density at radius 1 is 1.09 bits per heavy atom. The molecular formula is C40H54N4O9S. The van der Waals surface area contributed by atoms with E-state index in [1.165, 1.54) is 11.2 Å². The van der Waals surface area contributed by atoms with Crippen LogP contribution in [0.15, 0.2) is 36.7 Å². The summed E-state index contributed by atoms with van der Waals surface area (Å²) >= 11 is 0. The molecule has 2 saturated carbocycles. The number of esters is 1. The molecule has 2 aliphatic carbocycles. The summed E-state index contributed by atoms with van der Waals surface area (Å²) < 4.78 is 45.6. The quantitative estimate of drug-likeness (QED) is 0.259. The SMILES string of the molecule is CC[C@@H]1C[C@H](C)CC/C=C\[C@@H]2C[C@@]2(C(=O)NS(=O)(=O)C2CC2)CC(=O)[C@@H]2C[C@@H](Oc3ncnc4cc(OC)ccc34)CN2C(=O)[C@H]1CC(=O)OC(C)(C)C. The van der Waals surface area contributed by atoms with E-state index >= 15 is 0 Å². The van der Waals surface area contributed by atoms with E-state index in [-0.39, 0.29) is 61.1 Å². The molecule has 1 aromatic heterocycles. The molecule has 4 aliphatic rings. The number of amides is 2. The van der Waals surface area contributed by atoms with E-state index in [1.807, 2.05) is 19.1 Å². The van der Waals surface area contributed by atoms with Gasteiger partial charge in [0.1, 0.15) is 23.8 Å². The normalized spacial score (nSPS) is 30.0. The molecule has 54 heavy (non-hydrogen) atoms. The number of allylic oxidation sites excluding steroid dienone is 2. The molecule has 6 rings (SSSR count). The van der Waals surface area contributed by atoms with Crippen molar-refractivity contribution in [2.24, 2.45) is 29.1 Å². The molecule has 2 amide bonds. The first-order chi connectivity index (χ1) is 25.5. The van der Waals surface area contributed by atoms with Gasteiger partial charge in [0.05, 0.1) is 53.6 Å². The molecule has 13 nitrogen and oxygen atoms in total. The minimum absolute atomic E-state index is 0.0479. The van der Waals surface area contributed by atoms with Crippen LogP contribution < -0.4 is 14.2 Å². The van der Waals surface area contributed by atoms with Crippen molar-refractivity contribution >= 4 is 44.5 Å². The summed E-state index contributed by atoms with van der Waals surface area (Å²) in [7, 11) is -2.29. The Labute approximate surface area is 318 Å². The zero-order valence-corrected chi connectivity index (χ0v) is 33.0. The molecule has 3 fully saturated rings. The third-order valence-electron chi connectivity index (χ3n) is 11.4. The monoisotopic (exact) mass is 766 g/mol.